The van der Waals surface area contributed by atoms with Gasteiger partial charge >= 0.3 is 12.8 Å². The number of rotatable bonds is 4. The molecule has 0 atom stereocenters. The molecule has 3 rings (SSSR count). The fourth-order valence-electron chi connectivity index (χ4n) is 1.87. The Morgan fingerprint density at radius 2 is 1.33 bits per heavy atom. The van der Waals surface area contributed by atoms with Gasteiger partial charge in [-0.15, -0.1) is 0 Å². The molecule has 0 N–H and O–H groups in total. The average Bonchev–Trinajstić information content (AvgIpc) is 3.05. The van der Waals surface area contributed by atoms with Gasteiger partial charge in [0.05, 0.1) is 12.4 Å². The molecule has 0 aliphatic carbocycles. The van der Waals surface area contributed by atoms with Gasteiger partial charge < -0.3 is 8.83 Å². The highest BCUT2D eigenvalue weighted by Crippen LogP contribution is 2.08. The molecule has 0 radical (unpaired) electrons. The van der Waals surface area contributed by atoms with Crippen molar-refractivity contribution in [3.8, 4) is 0 Å². The van der Waals surface area contributed by atoms with Gasteiger partial charge in [0.15, 0.2) is 13.1 Å². The number of hydrogen-bond donors (Lipinski definition) is 0. The SMILES string of the molecule is [c-]1occ[n+]1Cc1ccccc1C[n+]1[c-]occ1. The quantitative estimate of drug-likeness (QED) is 0.506. The Balaban J connectivity index is 1.85. The lowest BCUT2D eigenvalue weighted by atomic mass is 10.1. The van der Waals surface area contributed by atoms with Gasteiger partial charge in [0.2, 0.25) is 0 Å². The molecule has 2 aromatic heterocycles. The van der Waals surface area contributed by atoms with Crippen LogP contribution in [0.4, 0.5) is 0 Å². The van der Waals surface area contributed by atoms with E-state index in [1.807, 2.05) is 33.7 Å². The van der Waals surface area contributed by atoms with Crippen LogP contribution in [0.3, 0.4) is 0 Å². The Hall–Kier alpha value is -2.36. The molecule has 0 fully saturated rings. The summed E-state index contributed by atoms with van der Waals surface area (Å²) < 4.78 is 13.6. The molecular weight excluding hydrogens is 228 g/mol. The zero-order chi connectivity index (χ0) is 12.2. The molecule has 0 unspecified atom stereocenters. The molecule has 0 spiro atoms. The third-order valence-electron chi connectivity index (χ3n) is 2.76. The summed E-state index contributed by atoms with van der Waals surface area (Å²) in [5.41, 5.74) is 2.45. The van der Waals surface area contributed by atoms with Crippen LogP contribution in [0.1, 0.15) is 11.1 Å². The normalized spacial score (nSPS) is 10.7. The average molecular weight is 240 g/mol. The Morgan fingerprint density at radius 1 is 0.833 bits per heavy atom. The second-order valence-corrected chi connectivity index (χ2v) is 4.01. The van der Waals surface area contributed by atoms with E-state index in [1.54, 1.807) is 12.5 Å². The lowest BCUT2D eigenvalue weighted by Crippen LogP contribution is -2.35. The molecule has 18 heavy (non-hydrogen) atoms. The highest BCUT2D eigenvalue weighted by atomic mass is 16.3. The van der Waals surface area contributed by atoms with Crippen LogP contribution in [0.2, 0.25) is 0 Å². The Labute approximate surface area is 105 Å². The lowest BCUT2D eigenvalue weighted by molar-refractivity contribution is -0.700. The lowest BCUT2D eigenvalue weighted by Gasteiger charge is -2.04. The number of nitrogens with zero attached hydrogens (tertiary/aromatic N) is 2. The number of hydrogen-bond acceptors (Lipinski definition) is 2. The van der Waals surface area contributed by atoms with Gasteiger partial charge in [-0.05, 0) is 12.5 Å². The minimum atomic E-state index is 0.741. The van der Waals surface area contributed by atoms with Gasteiger partial charge in [-0.1, -0.05) is 24.3 Å². The van der Waals surface area contributed by atoms with Gasteiger partial charge in [0.25, 0.3) is 0 Å². The number of aromatic nitrogens is 2. The maximum Gasteiger partial charge on any atom is 0.314 e. The molecule has 0 saturated heterocycles. The van der Waals surface area contributed by atoms with Crippen molar-refractivity contribution in [2.75, 3.05) is 0 Å². The summed E-state index contributed by atoms with van der Waals surface area (Å²) in [6.07, 6.45) is 12.5. The highest BCUT2D eigenvalue weighted by Gasteiger charge is 2.08. The van der Waals surface area contributed by atoms with Crippen molar-refractivity contribution in [1.82, 2.24) is 0 Å². The number of oxazole rings is 2. The third kappa shape index (κ3) is 2.32. The van der Waals surface area contributed by atoms with Crippen LogP contribution in [0.15, 0.2) is 58.0 Å². The van der Waals surface area contributed by atoms with Crippen molar-refractivity contribution in [2.45, 2.75) is 13.1 Å². The van der Waals surface area contributed by atoms with Crippen LogP contribution in [0.5, 0.6) is 0 Å². The highest BCUT2D eigenvalue weighted by molar-refractivity contribution is 5.25. The van der Waals surface area contributed by atoms with E-state index in [0.29, 0.717) is 0 Å². The molecule has 4 nitrogen and oxygen atoms in total. The summed E-state index contributed by atoms with van der Waals surface area (Å²) in [6, 6.07) is 8.26. The van der Waals surface area contributed by atoms with E-state index in [2.05, 4.69) is 24.9 Å². The van der Waals surface area contributed by atoms with Crippen LogP contribution in [0, 0.1) is 12.8 Å². The molecule has 90 valence electrons. The molecule has 0 saturated carbocycles. The summed E-state index contributed by atoms with van der Waals surface area (Å²) in [6.45, 7) is 1.48. The number of benzene rings is 1. The predicted molar refractivity (Wildman–Crippen MR) is 60.1 cm³/mol. The first kappa shape index (κ1) is 10.8. The van der Waals surface area contributed by atoms with Crippen LogP contribution >= 0.6 is 0 Å². The minimum Gasteiger partial charge on any atom is -0.542 e. The second-order valence-electron chi connectivity index (χ2n) is 4.01. The van der Waals surface area contributed by atoms with E-state index < -0.39 is 0 Å². The van der Waals surface area contributed by atoms with Crippen LogP contribution in [-0.2, 0) is 13.1 Å². The summed E-state index contributed by atoms with van der Waals surface area (Å²) in [4.78, 5) is 0. The van der Waals surface area contributed by atoms with Crippen molar-refractivity contribution in [3.63, 3.8) is 0 Å². The molecule has 0 aliphatic heterocycles. The fraction of sp³-hybridized carbons (Fsp3) is 0.143. The van der Waals surface area contributed by atoms with Crippen molar-refractivity contribution in [3.05, 3.63) is 73.1 Å². The van der Waals surface area contributed by atoms with Crippen molar-refractivity contribution >= 4 is 0 Å². The largest absolute Gasteiger partial charge is 0.542 e. The van der Waals surface area contributed by atoms with E-state index in [1.165, 1.54) is 11.1 Å². The summed E-state index contributed by atoms with van der Waals surface area (Å²) in [5, 5.41) is 0. The van der Waals surface area contributed by atoms with E-state index in [0.717, 1.165) is 13.1 Å². The van der Waals surface area contributed by atoms with Gasteiger partial charge in [-0.2, -0.15) is 0 Å². The maximum atomic E-state index is 4.94. The van der Waals surface area contributed by atoms with Crippen LogP contribution < -0.4 is 9.13 Å². The molecule has 0 aliphatic rings. The first-order chi connectivity index (χ1) is 8.92. The zero-order valence-corrected chi connectivity index (χ0v) is 9.74. The predicted octanol–water partition coefficient (Wildman–Crippen LogP) is 1.14. The van der Waals surface area contributed by atoms with Crippen molar-refractivity contribution < 1.29 is 18.0 Å². The Bertz CT molecular complexity index is 545. The van der Waals surface area contributed by atoms with E-state index in [9.17, 15) is 0 Å². The molecule has 0 amide bonds. The minimum absolute atomic E-state index is 0.741. The van der Waals surface area contributed by atoms with E-state index in [4.69, 9.17) is 8.83 Å². The van der Waals surface area contributed by atoms with Crippen LogP contribution in [0.25, 0.3) is 0 Å². The monoisotopic (exact) mass is 240 g/mol. The van der Waals surface area contributed by atoms with Crippen LogP contribution in [-0.4, -0.2) is 0 Å². The molecule has 0 bridgehead atoms. The molecule has 2 heterocycles. The van der Waals surface area contributed by atoms with Gasteiger partial charge in [-0.3, -0.25) is 9.13 Å². The zero-order valence-electron chi connectivity index (χ0n) is 9.74. The Kier molecular flexibility index (Phi) is 2.92. The molecule has 1 aromatic carbocycles. The van der Waals surface area contributed by atoms with Gasteiger partial charge in [0, 0.05) is 11.1 Å². The molecular formula is C14H12N2O2. The standard InChI is InChI=1S/C14H12N2O2/c1-2-4-14(10-16-6-8-18-12-16)13(3-1)9-15-5-7-17-11-15/h1-8H,9-10H2. The topological polar surface area (TPSA) is 34.0 Å². The molecule has 3 aromatic rings. The van der Waals surface area contributed by atoms with Crippen molar-refractivity contribution in [2.24, 2.45) is 0 Å². The first-order valence-electron chi connectivity index (χ1n) is 5.68. The maximum absolute atomic E-state index is 4.94. The Morgan fingerprint density at radius 3 is 1.72 bits per heavy atom. The summed E-state index contributed by atoms with van der Waals surface area (Å²) in [5.74, 6) is 0. The fourth-order valence-corrected chi connectivity index (χ4v) is 1.87. The second kappa shape index (κ2) is 4.87. The summed E-state index contributed by atoms with van der Waals surface area (Å²) in [7, 11) is 0. The molecule has 4 heteroatoms. The summed E-state index contributed by atoms with van der Waals surface area (Å²) >= 11 is 0. The smallest absolute Gasteiger partial charge is 0.314 e. The van der Waals surface area contributed by atoms with Gasteiger partial charge in [-0.25, -0.2) is 0 Å². The first-order valence-corrected chi connectivity index (χ1v) is 5.68. The van der Waals surface area contributed by atoms with E-state index in [-0.39, 0.29) is 0 Å². The van der Waals surface area contributed by atoms with Gasteiger partial charge in [0.1, 0.15) is 0 Å². The third-order valence-corrected chi connectivity index (χ3v) is 2.76. The van der Waals surface area contributed by atoms with Crippen molar-refractivity contribution in [1.29, 1.82) is 0 Å². The van der Waals surface area contributed by atoms with E-state index >= 15 is 0 Å².